The Bertz CT molecular complexity index is 344. The third-order valence-corrected chi connectivity index (χ3v) is 4.30. The molecular formula is C15H24BrNO. The first kappa shape index (κ1) is 14.1. The van der Waals surface area contributed by atoms with Crippen LogP contribution in [0.25, 0.3) is 0 Å². The summed E-state index contributed by atoms with van der Waals surface area (Å²) in [5.74, 6) is 1.96. The minimum absolute atomic E-state index is 0.388. The van der Waals surface area contributed by atoms with E-state index >= 15 is 0 Å². The third-order valence-electron chi connectivity index (χ3n) is 3.87. The number of furan rings is 1. The topological polar surface area (TPSA) is 25.2 Å². The van der Waals surface area contributed by atoms with Crippen molar-refractivity contribution in [3.05, 3.63) is 22.6 Å². The van der Waals surface area contributed by atoms with Gasteiger partial charge in [0.05, 0.1) is 6.04 Å². The molecule has 1 unspecified atom stereocenters. The van der Waals surface area contributed by atoms with Crippen molar-refractivity contribution in [1.29, 1.82) is 0 Å². The smallest absolute Gasteiger partial charge is 0.169 e. The summed E-state index contributed by atoms with van der Waals surface area (Å²) in [5.41, 5.74) is 0. The van der Waals surface area contributed by atoms with Crippen LogP contribution in [0.4, 0.5) is 0 Å². The molecule has 1 aliphatic carbocycles. The SMILES string of the molecule is CCCNC(CC1CCCCC1)c1ccc(Br)o1. The van der Waals surface area contributed by atoms with E-state index in [1.807, 2.05) is 6.07 Å². The molecule has 1 atom stereocenters. The molecule has 2 rings (SSSR count). The van der Waals surface area contributed by atoms with Crippen LogP contribution < -0.4 is 5.32 Å². The van der Waals surface area contributed by atoms with E-state index in [-0.39, 0.29) is 0 Å². The highest BCUT2D eigenvalue weighted by Crippen LogP contribution is 2.33. The molecule has 0 amide bonds. The normalized spacial score (nSPS) is 19.0. The highest BCUT2D eigenvalue weighted by atomic mass is 79.9. The van der Waals surface area contributed by atoms with Crippen molar-refractivity contribution >= 4 is 15.9 Å². The van der Waals surface area contributed by atoms with Crippen molar-refractivity contribution in [2.45, 2.75) is 57.9 Å². The monoisotopic (exact) mass is 313 g/mol. The van der Waals surface area contributed by atoms with Gasteiger partial charge in [-0.15, -0.1) is 0 Å². The molecule has 1 aromatic rings. The fourth-order valence-electron chi connectivity index (χ4n) is 2.89. The van der Waals surface area contributed by atoms with Crippen LogP contribution in [-0.2, 0) is 0 Å². The van der Waals surface area contributed by atoms with E-state index in [2.05, 4.69) is 34.2 Å². The molecule has 1 aromatic heterocycles. The van der Waals surface area contributed by atoms with Crippen LogP contribution in [0.15, 0.2) is 21.2 Å². The zero-order valence-electron chi connectivity index (χ0n) is 11.3. The lowest BCUT2D eigenvalue weighted by Gasteiger charge is -2.26. The van der Waals surface area contributed by atoms with E-state index in [0.717, 1.165) is 22.9 Å². The average molecular weight is 314 g/mol. The molecule has 0 aliphatic heterocycles. The van der Waals surface area contributed by atoms with Gasteiger partial charge in [0.15, 0.2) is 4.67 Å². The summed E-state index contributed by atoms with van der Waals surface area (Å²) in [6.07, 6.45) is 9.43. The first-order valence-corrected chi connectivity index (χ1v) is 8.07. The maximum absolute atomic E-state index is 5.74. The molecule has 1 fully saturated rings. The predicted octanol–water partition coefficient (Wildman–Crippen LogP) is 5.05. The van der Waals surface area contributed by atoms with Crippen molar-refractivity contribution in [3.8, 4) is 0 Å². The van der Waals surface area contributed by atoms with E-state index in [4.69, 9.17) is 4.42 Å². The molecule has 102 valence electrons. The highest BCUT2D eigenvalue weighted by molar-refractivity contribution is 9.10. The molecule has 0 saturated heterocycles. The Morgan fingerprint density at radius 1 is 1.33 bits per heavy atom. The number of hydrogen-bond acceptors (Lipinski definition) is 2. The summed E-state index contributed by atoms with van der Waals surface area (Å²) in [4.78, 5) is 0. The quantitative estimate of drug-likeness (QED) is 0.794. The summed E-state index contributed by atoms with van der Waals surface area (Å²) in [7, 11) is 0. The van der Waals surface area contributed by atoms with Crippen molar-refractivity contribution < 1.29 is 4.42 Å². The summed E-state index contributed by atoms with van der Waals surface area (Å²) in [5, 5.41) is 3.63. The fraction of sp³-hybridized carbons (Fsp3) is 0.733. The summed E-state index contributed by atoms with van der Waals surface area (Å²) >= 11 is 3.40. The molecule has 1 heterocycles. The Balaban J connectivity index is 1.95. The summed E-state index contributed by atoms with van der Waals surface area (Å²) < 4.78 is 6.58. The maximum atomic E-state index is 5.74. The van der Waals surface area contributed by atoms with Gasteiger partial charge in [-0.2, -0.15) is 0 Å². The average Bonchev–Trinajstić information content (AvgIpc) is 2.82. The van der Waals surface area contributed by atoms with Crippen LogP contribution in [0, 0.1) is 5.92 Å². The lowest BCUT2D eigenvalue weighted by Crippen LogP contribution is -2.25. The lowest BCUT2D eigenvalue weighted by atomic mass is 9.84. The van der Waals surface area contributed by atoms with E-state index in [0.29, 0.717) is 6.04 Å². The van der Waals surface area contributed by atoms with Crippen LogP contribution >= 0.6 is 15.9 Å². The Kier molecular flexibility index (Phi) is 5.77. The van der Waals surface area contributed by atoms with Crippen molar-refractivity contribution in [3.63, 3.8) is 0 Å². The van der Waals surface area contributed by atoms with Crippen LogP contribution in [-0.4, -0.2) is 6.54 Å². The van der Waals surface area contributed by atoms with Crippen LogP contribution in [0.1, 0.15) is 63.7 Å². The van der Waals surface area contributed by atoms with Crippen molar-refractivity contribution in [2.75, 3.05) is 6.54 Å². The second-order valence-electron chi connectivity index (χ2n) is 5.39. The Hall–Kier alpha value is -0.280. The van der Waals surface area contributed by atoms with Crippen LogP contribution in [0.3, 0.4) is 0 Å². The Morgan fingerprint density at radius 2 is 2.11 bits per heavy atom. The first-order valence-electron chi connectivity index (χ1n) is 7.28. The van der Waals surface area contributed by atoms with Gasteiger partial charge >= 0.3 is 0 Å². The zero-order chi connectivity index (χ0) is 12.8. The number of hydrogen-bond donors (Lipinski definition) is 1. The van der Waals surface area contributed by atoms with Gasteiger partial charge in [-0.05, 0) is 53.4 Å². The largest absolute Gasteiger partial charge is 0.453 e. The molecule has 0 aromatic carbocycles. The first-order chi connectivity index (χ1) is 8.79. The van der Waals surface area contributed by atoms with E-state index in [1.54, 1.807) is 0 Å². The van der Waals surface area contributed by atoms with Crippen molar-refractivity contribution in [1.82, 2.24) is 5.32 Å². The Morgan fingerprint density at radius 3 is 2.72 bits per heavy atom. The van der Waals surface area contributed by atoms with E-state index in [1.165, 1.54) is 44.9 Å². The minimum atomic E-state index is 0.388. The maximum Gasteiger partial charge on any atom is 0.169 e. The molecule has 1 N–H and O–H groups in total. The van der Waals surface area contributed by atoms with Crippen molar-refractivity contribution in [2.24, 2.45) is 5.92 Å². The summed E-state index contributed by atoms with van der Waals surface area (Å²) in [6.45, 7) is 3.28. The van der Waals surface area contributed by atoms with Gasteiger partial charge in [-0.3, -0.25) is 0 Å². The molecule has 2 nitrogen and oxygen atoms in total. The van der Waals surface area contributed by atoms with Gasteiger partial charge in [-0.25, -0.2) is 0 Å². The van der Waals surface area contributed by atoms with Gasteiger partial charge in [0.1, 0.15) is 5.76 Å². The molecule has 0 bridgehead atoms. The van der Waals surface area contributed by atoms with Crippen LogP contribution in [0.2, 0.25) is 0 Å². The lowest BCUT2D eigenvalue weighted by molar-refractivity contribution is 0.278. The van der Waals surface area contributed by atoms with Gasteiger partial charge in [-0.1, -0.05) is 39.0 Å². The van der Waals surface area contributed by atoms with Gasteiger partial charge in [0.25, 0.3) is 0 Å². The number of halogens is 1. The molecule has 3 heteroatoms. The second kappa shape index (κ2) is 7.34. The third kappa shape index (κ3) is 4.13. The second-order valence-corrected chi connectivity index (χ2v) is 6.17. The highest BCUT2D eigenvalue weighted by Gasteiger charge is 2.21. The number of nitrogens with one attached hydrogen (secondary N) is 1. The predicted molar refractivity (Wildman–Crippen MR) is 78.6 cm³/mol. The van der Waals surface area contributed by atoms with E-state index in [9.17, 15) is 0 Å². The van der Waals surface area contributed by atoms with Gasteiger partial charge < -0.3 is 9.73 Å². The molecule has 18 heavy (non-hydrogen) atoms. The Labute approximate surface area is 119 Å². The molecule has 0 radical (unpaired) electrons. The van der Waals surface area contributed by atoms with Crippen LogP contribution in [0.5, 0.6) is 0 Å². The fourth-order valence-corrected chi connectivity index (χ4v) is 3.21. The number of rotatable bonds is 6. The molecular weight excluding hydrogens is 290 g/mol. The summed E-state index contributed by atoms with van der Waals surface area (Å²) in [6, 6.07) is 4.48. The molecule has 1 aliphatic rings. The van der Waals surface area contributed by atoms with E-state index < -0.39 is 0 Å². The van der Waals surface area contributed by atoms with Gasteiger partial charge in [0, 0.05) is 0 Å². The minimum Gasteiger partial charge on any atom is -0.453 e. The zero-order valence-corrected chi connectivity index (χ0v) is 12.8. The molecule has 1 saturated carbocycles. The van der Waals surface area contributed by atoms with Gasteiger partial charge in [0.2, 0.25) is 0 Å². The standard InChI is InChI=1S/C15H24BrNO/c1-2-10-17-13(14-8-9-15(16)18-14)11-12-6-4-3-5-7-12/h8-9,12-13,17H,2-7,10-11H2,1H3. The molecule has 0 spiro atoms.